The van der Waals surface area contributed by atoms with Crippen LogP contribution in [0.3, 0.4) is 0 Å². The van der Waals surface area contributed by atoms with E-state index in [1.807, 2.05) is 21.9 Å². The van der Waals surface area contributed by atoms with Crippen LogP contribution in [0.4, 0.5) is 11.4 Å². The SMILES string of the molecule is CCCCCCCC[Si](C)(CCCCCCCC)CCCCCCCCN1C(=O)/C(=C2\C(=O)N(CCCCCCCC[Si](C)(CCCCCCCC)CCCCCCCC)c3cc(Br)ccc32)c2ccc(Br)cc21. The van der Waals surface area contributed by atoms with E-state index in [0.717, 1.165) is 57.1 Å². The molecule has 74 heavy (non-hydrogen) atoms. The van der Waals surface area contributed by atoms with Gasteiger partial charge in [0, 0.05) is 33.2 Å². The van der Waals surface area contributed by atoms with Gasteiger partial charge in [-0.15, -0.1) is 0 Å². The number of carbonyl (C=O) groups is 2. The molecule has 2 aromatic rings. The number of fused-ring (bicyclic) bond motifs is 2. The fourth-order valence-corrected chi connectivity index (χ4v) is 21.5. The van der Waals surface area contributed by atoms with Crippen molar-refractivity contribution in [3.8, 4) is 0 Å². The van der Waals surface area contributed by atoms with Crippen molar-refractivity contribution < 1.29 is 9.59 Å². The van der Waals surface area contributed by atoms with E-state index in [0.29, 0.717) is 24.2 Å². The molecule has 2 aliphatic rings. The van der Waals surface area contributed by atoms with E-state index >= 15 is 0 Å². The number of rotatable bonds is 46. The monoisotopic (exact) mass is 1180 g/mol. The van der Waals surface area contributed by atoms with E-state index in [1.54, 1.807) is 24.2 Å². The van der Waals surface area contributed by atoms with Gasteiger partial charge in [-0.1, -0.05) is 339 Å². The molecule has 420 valence electrons. The first-order chi connectivity index (χ1) is 36.0. The van der Waals surface area contributed by atoms with Crippen molar-refractivity contribution in [3.63, 3.8) is 0 Å². The first-order valence-electron chi connectivity index (χ1n) is 32.0. The number of benzene rings is 2. The first kappa shape index (κ1) is 65.0. The van der Waals surface area contributed by atoms with Gasteiger partial charge in [-0.3, -0.25) is 9.59 Å². The van der Waals surface area contributed by atoms with E-state index in [-0.39, 0.29) is 11.8 Å². The highest BCUT2D eigenvalue weighted by molar-refractivity contribution is 9.10. The van der Waals surface area contributed by atoms with Gasteiger partial charge in [-0.05, 0) is 37.1 Å². The van der Waals surface area contributed by atoms with Gasteiger partial charge in [0.2, 0.25) is 0 Å². The predicted octanol–water partition coefficient (Wildman–Crippen LogP) is 23.1. The maximum atomic E-state index is 14.7. The lowest BCUT2D eigenvalue weighted by Crippen LogP contribution is -2.30. The number of amides is 2. The summed E-state index contributed by atoms with van der Waals surface area (Å²) in [4.78, 5) is 33.4. The van der Waals surface area contributed by atoms with Gasteiger partial charge in [0.15, 0.2) is 0 Å². The Morgan fingerprint density at radius 2 is 0.568 bits per heavy atom. The average molecular weight is 1180 g/mol. The molecular formula is C66H112Br2N2O2Si2. The van der Waals surface area contributed by atoms with Gasteiger partial charge in [0.1, 0.15) is 0 Å². The van der Waals surface area contributed by atoms with Crippen molar-refractivity contribution in [2.75, 3.05) is 22.9 Å². The third kappa shape index (κ3) is 23.5. The van der Waals surface area contributed by atoms with Gasteiger partial charge in [-0.25, -0.2) is 0 Å². The Labute approximate surface area is 476 Å². The lowest BCUT2D eigenvalue weighted by atomic mass is 9.96. The van der Waals surface area contributed by atoms with Crippen LogP contribution in [0.2, 0.25) is 49.4 Å². The summed E-state index contributed by atoms with van der Waals surface area (Å²) in [5.41, 5.74) is 4.82. The van der Waals surface area contributed by atoms with Crippen LogP contribution < -0.4 is 9.80 Å². The smallest absolute Gasteiger partial charge is 0.259 e. The maximum Gasteiger partial charge on any atom is 0.259 e. The minimum Gasteiger partial charge on any atom is -0.308 e. The number of carbonyl (C=O) groups excluding carboxylic acids is 2. The topological polar surface area (TPSA) is 40.6 Å². The second kappa shape index (κ2) is 38.2. The molecule has 0 saturated heterocycles. The molecule has 0 aromatic heterocycles. The highest BCUT2D eigenvalue weighted by Gasteiger charge is 2.42. The molecule has 0 bridgehead atoms. The molecule has 2 aliphatic heterocycles. The third-order valence-electron chi connectivity index (χ3n) is 17.6. The minimum atomic E-state index is -1.19. The molecule has 0 N–H and O–H groups in total. The van der Waals surface area contributed by atoms with Crippen LogP contribution >= 0.6 is 31.9 Å². The highest BCUT2D eigenvalue weighted by Crippen LogP contribution is 2.48. The number of anilines is 2. The van der Waals surface area contributed by atoms with Crippen molar-refractivity contribution in [2.24, 2.45) is 0 Å². The van der Waals surface area contributed by atoms with Crippen molar-refractivity contribution >= 4 is 82.3 Å². The van der Waals surface area contributed by atoms with Crippen LogP contribution in [0, 0.1) is 0 Å². The summed E-state index contributed by atoms with van der Waals surface area (Å²) in [5, 5.41) is 0. The average Bonchev–Trinajstić information content (AvgIpc) is 3.80. The zero-order valence-corrected chi connectivity index (χ0v) is 54.2. The van der Waals surface area contributed by atoms with Crippen molar-refractivity contribution in [1.29, 1.82) is 0 Å². The Morgan fingerprint density at radius 3 is 0.824 bits per heavy atom. The second-order valence-corrected chi connectivity index (χ2v) is 36.5. The molecule has 2 amide bonds. The Morgan fingerprint density at radius 1 is 0.338 bits per heavy atom. The summed E-state index contributed by atoms with van der Waals surface area (Å²) in [7, 11) is -2.38. The molecule has 2 heterocycles. The van der Waals surface area contributed by atoms with E-state index in [2.05, 4.69) is 96.9 Å². The molecule has 4 nitrogen and oxygen atoms in total. The van der Waals surface area contributed by atoms with E-state index in [9.17, 15) is 9.59 Å². The maximum absolute atomic E-state index is 14.7. The van der Waals surface area contributed by atoms with Gasteiger partial charge in [-0.2, -0.15) is 0 Å². The Balaban J connectivity index is 1.27. The van der Waals surface area contributed by atoms with Gasteiger partial charge >= 0.3 is 0 Å². The normalized spacial score (nSPS) is 14.8. The molecule has 0 aliphatic carbocycles. The molecule has 4 rings (SSSR count). The summed E-state index contributed by atoms with van der Waals surface area (Å²) < 4.78 is 1.93. The van der Waals surface area contributed by atoms with Crippen LogP contribution in [0.25, 0.3) is 11.1 Å². The van der Waals surface area contributed by atoms with Crippen LogP contribution in [0.1, 0.15) is 270 Å². The fourth-order valence-electron chi connectivity index (χ4n) is 12.7. The standard InChI is InChI=1S/C66H112Br2N2O2Si2/c1-7-11-15-19-29-37-49-73(5,50-38-30-20-16-12-8-2)53-41-33-25-23-27-35-47-69-61-55-57(67)43-45-59(61)63(65(69)71)64-60-46-44-58(68)56-62(60)70(66(64)72)48-36-28-24-26-34-42-54-74(6,51-39-31-21-17-13-9-3)52-40-32-22-18-14-10-4/h43-46,55-56H,7-42,47-54H2,1-6H3/b64-63-. The largest absolute Gasteiger partial charge is 0.308 e. The summed E-state index contributed by atoms with van der Waals surface area (Å²) >= 11 is 7.45. The number of halogens is 2. The Kier molecular flexibility index (Phi) is 33.5. The van der Waals surface area contributed by atoms with Gasteiger partial charge < -0.3 is 9.80 Å². The number of hydrogen-bond donors (Lipinski definition) is 0. The van der Waals surface area contributed by atoms with Gasteiger partial charge in [0.25, 0.3) is 11.8 Å². The molecule has 0 unspecified atom stereocenters. The van der Waals surface area contributed by atoms with Gasteiger partial charge in [0.05, 0.1) is 38.7 Å². The van der Waals surface area contributed by atoms with Crippen molar-refractivity contribution in [1.82, 2.24) is 0 Å². The molecule has 2 aromatic carbocycles. The predicted molar refractivity (Wildman–Crippen MR) is 341 cm³/mol. The number of hydrogen-bond acceptors (Lipinski definition) is 2. The fraction of sp³-hybridized carbons (Fsp3) is 0.758. The van der Waals surface area contributed by atoms with E-state index < -0.39 is 16.1 Å². The second-order valence-electron chi connectivity index (χ2n) is 24.4. The van der Waals surface area contributed by atoms with Crippen LogP contribution in [-0.2, 0) is 9.59 Å². The Bertz CT molecular complexity index is 1730. The molecule has 0 atom stereocenters. The van der Waals surface area contributed by atoms with Crippen LogP contribution in [-0.4, -0.2) is 41.1 Å². The lowest BCUT2D eigenvalue weighted by molar-refractivity contribution is -0.114. The summed E-state index contributed by atoms with van der Waals surface area (Å²) in [5.74, 6) is -0.0366. The first-order valence-corrected chi connectivity index (χ1v) is 39.8. The van der Waals surface area contributed by atoms with Crippen molar-refractivity contribution in [2.45, 2.75) is 308 Å². The van der Waals surface area contributed by atoms with Crippen molar-refractivity contribution in [3.05, 3.63) is 56.5 Å². The molecule has 0 spiro atoms. The minimum absolute atomic E-state index is 0.0183. The Hall–Kier alpha value is -1.49. The van der Waals surface area contributed by atoms with Crippen LogP contribution in [0.15, 0.2) is 45.3 Å². The third-order valence-corrected chi connectivity index (χ3v) is 27.9. The van der Waals surface area contributed by atoms with Crippen LogP contribution in [0.5, 0.6) is 0 Å². The number of nitrogens with zero attached hydrogens (tertiary/aromatic N) is 2. The lowest BCUT2D eigenvalue weighted by Gasteiger charge is -2.28. The highest BCUT2D eigenvalue weighted by atomic mass is 79.9. The molecule has 0 radical (unpaired) electrons. The zero-order chi connectivity index (χ0) is 53.3. The summed E-state index contributed by atoms with van der Waals surface area (Å²) in [6.07, 6.45) is 48.7. The quantitative estimate of drug-likeness (QED) is 0.0377. The van der Waals surface area contributed by atoms with E-state index in [1.165, 1.54) is 218 Å². The van der Waals surface area contributed by atoms with E-state index in [4.69, 9.17) is 0 Å². The number of unbranched alkanes of at least 4 members (excludes halogenated alkanes) is 30. The summed E-state index contributed by atoms with van der Waals surface area (Å²) in [6, 6.07) is 21.5. The summed E-state index contributed by atoms with van der Waals surface area (Å²) in [6.45, 7) is 16.2. The molecule has 8 heteroatoms. The molecule has 0 saturated carbocycles. The molecule has 0 fully saturated rings. The molecular weight excluding hydrogens is 1070 g/mol. The zero-order valence-electron chi connectivity index (χ0n) is 49.0.